The highest BCUT2D eigenvalue weighted by Crippen LogP contribution is 2.26. The summed E-state index contributed by atoms with van der Waals surface area (Å²) in [5.74, 6) is 1.66. The third-order valence-electron chi connectivity index (χ3n) is 4.10. The van der Waals surface area contributed by atoms with E-state index in [4.69, 9.17) is 10.1 Å². The van der Waals surface area contributed by atoms with Crippen LogP contribution in [-0.2, 0) is 7.05 Å². The molecule has 1 aromatic heterocycles. The van der Waals surface area contributed by atoms with Crippen molar-refractivity contribution >= 4 is 17.0 Å². The summed E-state index contributed by atoms with van der Waals surface area (Å²) >= 11 is 0. The zero-order valence-corrected chi connectivity index (χ0v) is 11.4. The molecule has 2 heterocycles. The average molecular weight is 259 g/mol. The maximum Gasteiger partial charge on any atom is 0.206 e. The highest BCUT2D eigenvalue weighted by atomic mass is 16.3. The molecule has 1 aromatic carbocycles. The zero-order valence-electron chi connectivity index (χ0n) is 11.4. The number of rotatable bonds is 3. The van der Waals surface area contributed by atoms with E-state index in [0.29, 0.717) is 12.5 Å². The normalized spacial score (nSPS) is 20.1. The highest BCUT2D eigenvalue weighted by Gasteiger charge is 2.23. The van der Waals surface area contributed by atoms with Crippen LogP contribution in [0.3, 0.4) is 0 Å². The number of fused-ring (bicyclic) bond motifs is 1. The van der Waals surface area contributed by atoms with E-state index >= 15 is 0 Å². The van der Waals surface area contributed by atoms with E-state index in [2.05, 4.69) is 34.7 Å². The number of aliphatic hydroxyl groups excluding tert-OH is 1. The van der Waals surface area contributed by atoms with Gasteiger partial charge in [0.05, 0.1) is 11.0 Å². The minimum absolute atomic E-state index is 0.293. The van der Waals surface area contributed by atoms with Crippen LogP contribution in [0.4, 0.5) is 5.95 Å². The van der Waals surface area contributed by atoms with Crippen LogP contribution in [0.15, 0.2) is 24.3 Å². The van der Waals surface area contributed by atoms with Gasteiger partial charge in [-0.25, -0.2) is 4.98 Å². The molecule has 0 amide bonds. The van der Waals surface area contributed by atoms with Gasteiger partial charge in [-0.1, -0.05) is 12.1 Å². The van der Waals surface area contributed by atoms with Gasteiger partial charge in [-0.2, -0.15) is 0 Å². The molecular formula is C15H21N3O. The molecule has 102 valence electrons. The van der Waals surface area contributed by atoms with Gasteiger partial charge in [0.15, 0.2) is 0 Å². The number of hydrogen-bond donors (Lipinski definition) is 1. The van der Waals surface area contributed by atoms with E-state index in [-0.39, 0.29) is 0 Å². The summed E-state index contributed by atoms with van der Waals surface area (Å²) in [7, 11) is 2.08. The molecule has 0 bridgehead atoms. The van der Waals surface area contributed by atoms with Gasteiger partial charge in [0, 0.05) is 26.7 Å². The summed E-state index contributed by atoms with van der Waals surface area (Å²) in [5, 5.41) is 9.10. The van der Waals surface area contributed by atoms with Crippen LogP contribution in [-0.4, -0.2) is 34.4 Å². The molecule has 1 atom stereocenters. The molecule has 19 heavy (non-hydrogen) atoms. The SMILES string of the molecule is Cn1c(N2CCCC(CCO)C2)nc2ccccc21. The number of nitrogens with zero attached hydrogens (tertiary/aromatic N) is 3. The van der Waals surface area contributed by atoms with Crippen molar-refractivity contribution in [1.29, 1.82) is 0 Å². The maximum absolute atomic E-state index is 9.10. The molecule has 3 rings (SSSR count). The number of piperidine rings is 1. The van der Waals surface area contributed by atoms with Crippen molar-refractivity contribution in [3.05, 3.63) is 24.3 Å². The molecule has 0 saturated carbocycles. The molecule has 1 aliphatic rings. The lowest BCUT2D eigenvalue weighted by atomic mass is 9.95. The van der Waals surface area contributed by atoms with Crippen molar-refractivity contribution in [2.75, 3.05) is 24.6 Å². The van der Waals surface area contributed by atoms with Gasteiger partial charge in [0.1, 0.15) is 0 Å². The van der Waals surface area contributed by atoms with Crippen molar-refractivity contribution in [1.82, 2.24) is 9.55 Å². The van der Waals surface area contributed by atoms with Crippen molar-refractivity contribution in [3.8, 4) is 0 Å². The topological polar surface area (TPSA) is 41.3 Å². The molecule has 4 nitrogen and oxygen atoms in total. The first-order valence-electron chi connectivity index (χ1n) is 7.07. The Balaban J connectivity index is 1.89. The monoisotopic (exact) mass is 259 g/mol. The molecule has 2 aromatic rings. The Morgan fingerprint density at radius 3 is 3.00 bits per heavy atom. The van der Waals surface area contributed by atoms with Crippen molar-refractivity contribution < 1.29 is 5.11 Å². The second-order valence-electron chi connectivity index (χ2n) is 5.43. The van der Waals surface area contributed by atoms with Gasteiger partial charge in [0.2, 0.25) is 5.95 Å². The third-order valence-corrected chi connectivity index (χ3v) is 4.10. The Labute approximate surface area is 113 Å². The number of anilines is 1. The zero-order chi connectivity index (χ0) is 13.2. The van der Waals surface area contributed by atoms with Crippen LogP contribution in [0.1, 0.15) is 19.3 Å². The molecule has 1 saturated heterocycles. The van der Waals surface area contributed by atoms with E-state index < -0.39 is 0 Å². The predicted molar refractivity (Wildman–Crippen MR) is 77.4 cm³/mol. The summed E-state index contributed by atoms with van der Waals surface area (Å²) in [6, 6.07) is 8.26. The van der Waals surface area contributed by atoms with Crippen LogP contribution in [0.5, 0.6) is 0 Å². The summed E-state index contributed by atoms with van der Waals surface area (Å²) in [5.41, 5.74) is 2.24. The van der Waals surface area contributed by atoms with Gasteiger partial charge in [-0.05, 0) is 37.3 Å². The fraction of sp³-hybridized carbons (Fsp3) is 0.533. The summed E-state index contributed by atoms with van der Waals surface area (Å²) in [6.07, 6.45) is 3.31. The second-order valence-corrected chi connectivity index (χ2v) is 5.43. The van der Waals surface area contributed by atoms with Crippen LogP contribution < -0.4 is 4.90 Å². The summed E-state index contributed by atoms with van der Waals surface area (Å²) in [4.78, 5) is 7.12. The smallest absolute Gasteiger partial charge is 0.206 e. The van der Waals surface area contributed by atoms with Crippen molar-refractivity contribution in [2.24, 2.45) is 13.0 Å². The average Bonchev–Trinajstić information content (AvgIpc) is 2.78. The van der Waals surface area contributed by atoms with Gasteiger partial charge in [0.25, 0.3) is 0 Å². The fourth-order valence-corrected chi connectivity index (χ4v) is 3.08. The summed E-state index contributed by atoms with van der Waals surface area (Å²) < 4.78 is 2.18. The number of benzene rings is 1. The Bertz CT molecular complexity index is 562. The van der Waals surface area contributed by atoms with Crippen LogP contribution in [0.25, 0.3) is 11.0 Å². The predicted octanol–water partition coefficient (Wildman–Crippen LogP) is 2.17. The van der Waals surface area contributed by atoms with Crippen LogP contribution in [0.2, 0.25) is 0 Å². The number of aryl methyl sites for hydroxylation is 1. The number of aromatic nitrogens is 2. The standard InChI is InChI=1S/C15H21N3O/c1-17-14-7-3-2-6-13(14)16-15(17)18-9-4-5-12(11-18)8-10-19/h2-3,6-7,12,19H,4-5,8-11H2,1H3. The van der Waals surface area contributed by atoms with Gasteiger partial charge >= 0.3 is 0 Å². The van der Waals surface area contributed by atoms with E-state index in [1.54, 1.807) is 0 Å². The fourth-order valence-electron chi connectivity index (χ4n) is 3.08. The Kier molecular flexibility index (Phi) is 3.42. The Morgan fingerprint density at radius 2 is 2.21 bits per heavy atom. The Hall–Kier alpha value is -1.55. The van der Waals surface area contributed by atoms with Crippen molar-refractivity contribution in [3.63, 3.8) is 0 Å². The third kappa shape index (κ3) is 2.32. The summed E-state index contributed by atoms with van der Waals surface area (Å²) in [6.45, 7) is 2.37. The molecule has 1 fully saturated rings. The van der Waals surface area contributed by atoms with Gasteiger partial charge in [-0.15, -0.1) is 0 Å². The lowest BCUT2D eigenvalue weighted by molar-refractivity contribution is 0.243. The van der Waals surface area contributed by atoms with Gasteiger partial charge in [-0.3, -0.25) is 0 Å². The largest absolute Gasteiger partial charge is 0.396 e. The number of para-hydroxylation sites is 2. The first kappa shape index (κ1) is 12.5. The van der Waals surface area contributed by atoms with E-state index in [1.807, 2.05) is 6.07 Å². The lowest BCUT2D eigenvalue weighted by Gasteiger charge is -2.33. The van der Waals surface area contributed by atoms with Gasteiger partial charge < -0.3 is 14.6 Å². The second kappa shape index (κ2) is 5.21. The molecule has 0 radical (unpaired) electrons. The Morgan fingerprint density at radius 1 is 1.37 bits per heavy atom. The minimum atomic E-state index is 0.293. The molecule has 1 N–H and O–H groups in total. The lowest BCUT2D eigenvalue weighted by Crippen LogP contribution is -2.37. The molecule has 0 spiro atoms. The van der Waals surface area contributed by atoms with Crippen LogP contribution in [0, 0.1) is 5.92 Å². The van der Waals surface area contributed by atoms with E-state index in [0.717, 1.165) is 31.0 Å². The number of imidazole rings is 1. The first-order chi connectivity index (χ1) is 9.29. The van der Waals surface area contributed by atoms with Crippen molar-refractivity contribution in [2.45, 2.75) is 19.3 Å². The molecular weight excluding hydrogens is 238 g/mol. The first-order valence-corrected chi connectivity index (χ1v) is 7.07. The number of hydrogen-bond acceptors (Lipinski definition) is 3. The molecule has 1 unspecified atom stereocenters. The highest BCUT2D eigenvalue weighted by molar-refractivity contribution is 5.78. The molecule has 4 heteroatoms. The maximum atomic E-state index is 9.10. The quantitative estimate of drug-likeness (QED) is 0.918. The number of aliphatic hydroxyl groups is 1. The molecule has 1 aliphatic heterocycles. The molecule has 0 aliphatic carbocycles. The van der Waals surface area contributed by atoms with E-state index in [9.17, 15) is 0 Å². The van der Waals surface area contributed by atoms with E-state index in [1.165, 1.54) is 18.4 Å². The van der Waals surface area contributed by atoms with Crippen LogP contribution >= 0.6 is 0 Å². The minimum Gasteiger partial charge on any atom is -0.396 e.